The van der Waals surface area contributed by atoms with E-state index in [4.69, 9.17) is 9.84 Å². The summed E-state index contributed by atoms with van der Waals surface area (Å²) in [6.07, 6.45) is 3.76. The highest BCUT2D eigenvalue weighted by atomic mass is 16.5. The van der Waals surface area contributed by atoms with Crippen LogP contribution < -0.4 is 5.32 Å². The molecule has 1 spiro atoms. The van der Waals surface area contributed by atoms with E-state index < -0.39 is 11.4 Å². The molecule has 1 aliphatic carbocycles. The zero-order chi connectivity index (χ0) is 16.5. The summed E-state index contributed by atoms with van der Waals surface area (Å²) in [4.78, 5) is 23.7. The Labute approximate surface area is 132 Å². The predicted molar refractivity (Wildman–Crippen MR) is 83.4 cm³/mol. The Bertz CT molecular complexity index is 442. The standard InChI is InChI=1S/C17H29NO4/c1-11(2)5-16(4,9-14(19)20)15(21)18-13-7-17(8-13)6-12(3)22-10-17/h11-13H,5-10H2,1-4H3,(H,18,21)(H,19,20). The van der Waals surface area contributed by atoms with Crippen molar-refractivity contribution in [2.24, 2.45) is 16.7 Å². The van der Waals surface area contributed by atoms with Gasteiger partial charge in [-0.1, -0.05) is 20.8 Å². The van der Waals surface area contributed by atoms with Crippen molar-refractivity contribution in [1.82, 2.24) is 5.32 Å². The van der Waals surface area contributed by atoms with Crippen molar-refractivity contribution < 1.29 is 19.4 Å². The van der Waals surface area contributed by atoms with Gasteiger partial charge in [0, 0.05) is 11.5 Å². The van der Waals surface area contributed by atoms with Crippen LogP contribution in [-0.4, -0.2) is 35.7 Å². The van der Waals surface area contributed by atoms with Crippen LogP contribution in [0.4, 0.5) is 0 Å². The minimum atomic E-state index is -0.915. The van der Waals surface area contributed by atoms with Crippen LogP contribution in [0, 0.1) is 16.7 Å². The first-order valence-electron chi connectivity index (χ1n) is 8.28. The van der Waals surface area contributed by atoms with E-state index in [1.165, 1.54) is 0 Å². The van der Waals surface area contributed by atoms with Crippen LogP contribution in [-0.2, 0) is 14.3 Å². The summed E-state index contributed by atoms with van der Waals surface area (Å²) in [6.45, 7) is 8.68. The van der Waals surface area contributed by atoms with Gasteiger partial charge < -0.3 is 15.2 Å². The molecule has 22 heavy (non-hydrogen) atoms. The number of carbonyl (C=O) groups is 2. The molecule has 0 aromatic carbocycles. The third-order valence-corrected chi connectivity index (χ3v) is 5.04. The van der Waals surface area contributed by atoms with Gasteiger partial charge in [-0.2, -0.15) is 0 Å². The van der Waals surface area contributed by atoms with Gasteiger partial charge in [0.1, 0.15) is 0 Å². The van der Waals surface area contributed by atoms with E-state index in [1.54, 1.807) is 6.92 Å². The Kier molecular flexibility index (Phi) is 4.85. The lowest BCUT2D eigenvalue weighted by Gasteiger charge is -2.45. The van der Waals surface area contributed by atoms with Crippen LogP contribution in [0.1, 0.15) is 59.8 Å². The molecule has 1 heterocycles. The minimum absolute atomic E-state index is 0.115. The molecule has 5 heteroatoms. The third kappa shape index (κ3) is 3.80. The Morgan fingerprint density at radius 3 is 2.45 bits per heavy atom. The van der Waals surface area contributed by atoms with Gasteiger partial charge >= 0.3 is 5.97 Å². The van der Waals surface area contributed by atoms with Gasteiger partial charge in [-0.05, 0) is 38.5 Å². The van der Waals surface area contributed by atoms with E-state index in [2.05, 4.69) is 12.2 Å². The van der Waals surface area contributed by atoms with Crippen LogP contribution >= 0.6 is 0 Å². The lowest BCUT2D eigenvalue weighted by Crippen LogP contribution is -2.54. The number of carbonyl (C=O) groups excluding carboxylic acids is 1. The Morgan fingerprint density at radius 2 is 2.00 bits per heavy atom. The number of aliphatic carboxylic acids is 1. The molecule has 2 rings (SSSR count). The average Bonchev–Trinajstić information content (AvgIpc) is 2.68. The van der Waals surface area contributed by atoms with E-state index in [-0.39, 0.29) is 29.7 Å². The van der Waals surface area contributed by atoms with Crippen molar-refractivity contribution in [1.29, 1.82) is 0 Å². The molecular weight excluding hydrogens is 282 g/mol. The number of rotatable bonds is 6. The maximum Gasteiger partial charge on any atom is 0.304 e. The molecule has 5 nitrogen and oxygen atoms in total. The van der Waals surface area contributed by atoms with Crippen molar-refractivity contribution in [2.45, 2.75) is 71.9 Å². The van der Waals surface area contributed by atoms with Gasteiger partial charge in [-0.3, -0.25) is 9.59 Å². The van der Waals surface area contributed by atoms with Gasteiger partial charge in [-0.25, -0.2) is 0 Å². The van der Waals surface area contributed by atoms with Crippen molar-refractivity contribution in [3.8, 4) is 0 Å². The largest absolute Gasteiger partial charge is 0.481 e. The second-order valence-electron chi connectivity index (χ2n) is 8.13. The molecule has 1 saturated carbocycles. The van der Waals surface area contributed by atoms with Gasteiger partial charge in [0.15, 0.2) is 0 Å². The fourth-order valence-corrected chi connectivity index (χ4v) is 4.26. The maximum absolute atomic E-state index is 12.6. The smallest absolute Gasteiger partial charge is 0.304 e. The molecule has 1 amide bonds. The highest BCUT2D eigenvalue weighted by molar-refractivity contribution is 5.86. The maximum atomic E-state index is 12.6. The van der Waals surface area contributed by atoms with Crippen LogP contribution in [0.25, 0.3) is 0 Å². The Morgan fingerprint density at radius 1 is 1.36 bits per heavy atom. The number of amides is 1. The third-order valence-electron chi connectivity index (χ3n) is 5.04. The monoisotopic (exact) mass is 311 g/mol. The summed E-state index contributed by atoms with van der Waals surface area (Å²) in [6, 6.07) is 0.168. The molecule has 2 aliphatic rings. The first-order chi connectivity index (χ1) is 10.1. The van der Waals surface area contributed by atoms with E-state index >= 15 is 0 Å². The lowest BCUT2D eigenvalue weighted by molar-refractivity contribution is -0.146. The Hall–Kier alpha value is -1.10. The second-order valence-corrected chi connectivity index (χ2v) is 8.13. The van der Waals surface area contributed by atoms with Gasteiger partial charge in [0.2, 0.25) is 5.91 Å². The quantitative estimate of drug-likeness (QED) is 0.790. The molecule has 0 bridgehead atoms. The molecule has 0 aromatic rings. The van der Waals surface area contributed by atoms with Crippen molar-refractivity contribution in [3.63, 3.8) is 0 Å². The predicted octanol–water partition coefficient (Wildman–Crippen LogP) is 2.59. The summed E-state index contributed by atoms with van der Waals surface area (Å²) in [5.41, 5.74) is -0.583. The summed E-state index contributed by atoms with van der Waals surface area (Å²) >= 11 is 0. The van der Waals surface area contributed by atoms with E-state index in [1.807, 2.05) is 13.8 Å². The molecule has 2 unspecified atom stereocenters. The summed E-state index contributed by atoms with van der Waals surface area (Å²) in [5, 5.41) is 12.2. The van der Waals surface area contributed by atoms with Crippen LogP contribution in [0.2, 0.25) is 0 Å². The number of hydrogen-bond acceptors (Lipinski definition) is 3. The fraction of sp³-hybridized carbons (Fsp3) is 0.882. The average molecular weight is 311 g/mol. The van der Waals surface area contributed by atoms with Crippen LogP contribution in [0.15, 0.2) is 0 Å². The zero-order valence-corrected chi connectivity index (χ0v) is 14.1. The van der Waals surface area contributed by atoms with E-state index in [0.717, 1.165) is 25.9 Å². The number of carboxylic acids is 1. The molecule has 0 radical (unpaired) electrons. The van der Waals surface area contributed by atoms with Gasteiger partial charge in [0.25, 0.3) is 0 Å². The van der Waals surface area contributed by atoms with Crippen LogP contribution in [0.5, 0.6) is 0 Å². The molecular formula is C17H29NO4. The summed E-state index contributed by atoms with van der Waals surface area (Å²) < 4.78 is 5.65. The molecule has 2 fully saturated rings. The van der Waals surface area contributed by atoms with Crippen LogP contribution in [0.3, 0.4) is 0 Å². The number of hydrogen-bond donors (Lipinski definition) is 2. The first-order valence-corrected chi connectivity index (χ1v) is 8.28. The van der Waals surface area contributed by atoms with E-state index in [0.29, 0.717) is 12.5 Å². The summed E-state index contributed by atoms with van der Waals surface area (Å²) in [7, 11) is 0. The SMILES string of the molecule is CC(C)CC(C)(CC(=O)O)C(=O)NC1CC2(COC(C)C2)C1. The van der Waals surface area contributed by atoms with Crippen molar-refractivity contribution in [2.75, 3.05) is 6.61 Å². The Balaban J connectivity index is 1.91. The van der Waals surface area contributed by atoms with Gasteiger partial charge in [-0.15, -0.1) is 0 Å². The first kappa shape index (κ1) is 17.3. The van der Waals surface area contributed by atoms with E-state index in [9.17, 15) is 9.59 Å². The minimum Gasteiger partial charge on any atom is -0.481 e. The fourth-order valence-electron chi connectivity index (χ4n) is 4.26. The lowest BCUT2D eigenvalue weighted by atomic mass is 9.64. The second kappa shape index (κ2) is 6.19. The summed E-state index contributed by atoms with van der Waals surface area (Å²) in [5.74, 6) is -0.747. The number of carboxylic acid groups (broad SMARTS) is 1. The molecule has 1 saturated heterocycles. The highest BCUT2D eigenvalue weighted by Gasteiger charge is 2.50. The topological polar surface area (TPSA) is 75.6 Å². The van der Waals surface area contributed by atoms with Crippen molar-refractivity contribution in [3.05, 3.63) is 0 Å². The molecule has 126 valence electrons. The molecule has 1 aliphatic heterocycles. The number of nitrogens with one attached hydrogen (secondary N) is 1. The molecule has 2 atom stereocenters. The van der Waals surface area contributed by atoms with Gasteiger partial charge in [0.05, 0.1) is 24.5 Å². The molecule has 2 N–H and O–H groups in total. The molecule has 0 aromatic heterocycles. The zero-order valence-electron chi connectivity index (χ0n) is 14.1. The number of ether oxygens (including phenoxy) is 1. The van der Waals surface area contributed by atoms with Crippen molar-refractivity contribution >= 4 is 11.9 Å². The highest BCUT2D eigenvalue weighted by Crippen LogP contribution is 2.49. The normalized spacial score (nSPS) is 33.5.